The van der Waals surface area contributed by atoms with E-state index in [1.165, 1.54) is 22.3 Å². The third-order valence-corrected chi connectivity index (χ3v) is 4.85. The SMILES string of the molecule is C=CCNC(C)Oc1ccccc1C(=C(CC)c1ccccc1)c1ccccc1. The summed E-state index contributed by atoms with van der Waals surface area (Å²) >= 11 is 0. The smallest absolute Gasteiger partial charge is 0.147 e. The molecule has 0 amide bonds. The van der Waals surface area contributed by atoms with Crippen LogP contribution in [0.3, 0.4) is 0 Å². The van der Waals surface area contributed by atoms with Crippen LogP contribution in [0, 0.1) is 0 Å². The van der Waals surface area contributed by atoms with E-state index in [2.05, 4.69) is 91.6 Å². The first-order valence-corrected chi connectivity index (χ1v) is 10.2. The Morgan fingerprint density at radius 3 is 2.10 bits per heavy atom. The summed E-state index contributed by atoms with van der Waals surface area (Å²) in [5.74, 6) is 0.872. The van der Waals surface area contributed by atoms with E-state index in [0.717, 1.165) is 17.7 Å². The molecule has 0 saturated carbocycles. The Morgan fingerprint density at radius 2 is 1.48 bits per heavy atom. The van der Waals surface area contributed by atoms with E-state index >= 15 is 0 Å². The third kappa shape index (κ3) is 5.24. The molecule has 3 rings (SSSR count). The Kier molecular flexibility index (Phi) is 7.43. The minimum absolute atomic E-state index is 0.118. The van der Waals surface area contributed by atoms with E-state index in [-0.39, 0.29) is 6.23 Å². The third-order valence-electron chi connectivity index (χ3n) is 4.85. The molecule has 1 atom stereocenters. The van der Waals surface area contributed by atoms with E-state index in [9.17, 15) is 0 Å². The Balaban J connectivity index is 2.16. The zero-order chi connectivity index (χ0) is 20.5. The molecule has 0 bridgehead atoms. The van der Waals surface area contributed by atoms with Gasteiger partial charge in [0.15, 0.2) is 0 Å². The summed E-state index contributed by atoms with van der Waals surface area (Å²) in [7, 11) is 0. The summed E-state index contributed by atoms with van der Waals surface area (Å²) in [6, 6.07) is 29.5. The van der Waals surface area contributed by atoms with Crippen LogP contribution in [0.2, 0.25) is 0 Å². The second-order valence-electron chi connectivity index (χ2n) is 6.89. The lowest BCUT2D eigenvalue weighted by atomic mass is 9.88. The van der Waals surface area contributed by atoms with Crippen molar-refractivity contribution in [3.8, 4) is 5.75 Å². The fourth-order valence-electron chi connectivity index (χ4n) is 3.52. The molecule has 0 aliphatic rings. The van der Waals surface area contributed by atoms with Gasteiger partial charge < -0.3 is 4.74 Å². The van der Waals surface area contributed by atoms with E-state index in [1.54, 1.807) is 0 Å². The summed E-state index contributed by atoms with van der Waals surface area (Å²) in [5.41, 5.74) is 6.05. The van der Waals surface area contributed by atoms with Crippen LogP contribution >= 0.6 is 0 Å². The Morgan fingerprint density at radius 1 is 0.897 bits per heavy atom. The highest BCUT2D eigenvalue weighted by atomic mass is 16.5. The fraction of sp³-hybridized carbons (Fsp3) is 0.185. The second kappa shape index (κ2) is 10.4. The molecule has 0 spiro atoms. The number of rotatable bonds is 9. The number of nitrogens with one attached hydrogen (secondary N) is 1. The maximum Gasteiger partial charge on any atom is 0.147 e. The first-order valence-electron chi connectivity index (χ1n) is 10.2. The molecule has 2 heteroatoms. The van der Waals surface area contributed by atoms with E-state index in [4.69, 9.17) is 4.74 Å². The van der Waals surface area contributed by atoms with Crippen LogP contribution in [0.5, 0.6) is 5.75 Å². The Hall–Kier alpha value is -3.10. The first-order chi connectivity index (χ1) is 14.2. The van der Waals surface area contributed by atoms with Gasteiger partial charge in [-0.1, -0.05) is 91.9 Å². The molecule has 2 nitrogen and oxygen atoms in total. The molecular weight excluding hydrogens is 354 g/mol. The highest BCUT2D eigenvalue weighted by Gasteiger charge is 2.17. The number of allylic oxidation sites excluding steroid dienone is 1. The minimum atomic E-state index is -0.118. The lowest BCUT2D eigenvalue weighted by Crippen LogP contribution is -2.31. The summed E-state index contributed by atoms with van der Waals surface area (Å²) in [6.45, 7) is 8.70. The van der Waals surface area contributed by atoms with Gasteiger partial charge in [0.1, 0.15) is 12.0 Å². The van der Waals surface area contributed by atoms with Gasteiger partial charge in [0.2, 0.25) is 0 Å². The van der Waals surface area contributed by atoms with Crippen LogP contribution in [0.25, 0.3) is 11.1 Å². The van der Waals surface area contributed by atoms with Crippen LogP contribution in [0.1, 0.15) is 37.0 Å². The van der Waals surface area contributed by atoms with Gasteiger partial charge in [-0.3, -0.25) is 5.32 Å². The van der Waals surface area contributed by atoms with Crippen LogP contribution in [-0.4, -0.2) is 12.8 Å². The molecule has 0 radical (unpaired) electrons. The standard InChI is InChI=1S/C27H29NO/c1-4-20-28-21(3)29-26-19-13-12-18-25(26)27(23-16-10-7-11-17-23)24(5-2)22-14-8-6-9-15-22/h4,6-19,21,28H,1,5,20H2,2-3H3. The molecule has 0 aromatic heterocycles. The Bertz CT molecular complexity index is 945. The maximum absolute atomic E-state index is 6.29. The van der Waals surface area contributed by atoms with Crippen molar-refractivity contribution in [1.82, 2.24) is 5.32 Å². The molecule has 0 heterocycles. The topological polar surface area (TPSA) is 21.3 Å². The first kappa shape index (κ1) is 20.6. The molecule has 1 unspecified atom stereocenters. The molecular formula is C27H29NO. The second-order valence-corrected chi connectivity index (χ2v) is 6.89. The summed E-state index contributed by atoms with van der Waals surface area (Å²) < 4.78 is 6.29. The van der Waals surface area contributed by atoms with E-state index < -0.39 is 0 Å². The predicted molar refractivity (Wildman–Crippen MR) is 124 cm³/mol. The summed E-state index contributed by atoms with van der Waals surface area (Å²) in [5, 5.41) is 3.31. The van der Waals surface area contributed by atoms with Crippen LogP contribution in [-0.2, 0) is 0 Å². The highest BCUT2D eigenvalue weighted by Crippen LogP contribution is 2.38. The summed E-state index contributed by atoms with van der Waals surface area (Å²) in [6.07, 6.45) is 2.64. The largest absolute Gasteiger partial charge is 0.475 e. The van der Waals surface area contributed by atoms with Gasteiger partial charge >= 0.3 is 0 Å². The van der Waals surface area contributed by atoms with Crippen molar-refractivity contribution in [1.29, 1.82) is 0 Å². The van der Waals surface area contributed by atoms with Crippen molar-refractivity contribution in [3.63, 3.8) is 0 Å². The molecule has 148 valence electrons. The average molecular weight is 384 g/mol. The molecule has 1 N–H and O–H groups in total. The molecule has 3 aromatic carbocycles. The molecule has 0 aliphatic carbocycles. The van der Waals surface area contributed by atoms with Crippen LogP contribution < -0.4 is 10.1 Å². The zero-order valence-corrected chi connectivity index (χ0v) is 17.3. The van der Waals surface area contributed by atoms with Crippen molar-refractivity contribution < 1.29 is 4.74 Å². The Labute approximate surface area is 174 Å². The fourth-order valence-corrected chi connectivity index (χ4v) is 3.52. The van der Waals surface area contributed by atoms with Crippen molar-refractivity contribution >= 4 is 11.1 Å². The highest BCUT2D eigenvalue weighted by molar-refractivity contribution is 5.99. The van der Waals surface area contributed by atoms with Gasteiger partial charge in [-0.25, -0.2) is 0 Å². The minimum Gasteiger partial charge on any atom is -0.475 e. The van der Waals surface area contributed by atoms with Gasteiger partial charge in [-0.15, -0.1) is 6.58 Å². The van der Waals surface area contributed by atoms with Gasteiger partial charge in [-0.05, 0) is 41.7 Å². The monoisotopic (exact) mass is 383 g/mol. The molecule has 3 aromatic rings. The number of hydrogen-bond acceptors (Lipinski definition) is 2. The van der Waals surface area contributed by atoms with E-state index in [1.807, 2.05) is 25.1 Å². The van der Waals surface area contributed by atoms with Crippen LogP contribution in [0.4, 0.5) is 0 Å². The van der Waals surface area contributed by atoms with Crippen molar-refractivity contribution in [2.24, 2.45) is 0 Å². The van der Waals surface area contributed by atoms with Crippen molar-refractivity contribution in [3.05, 3.63) is 114 Å². The van der Waals surface area contributed by atoms with Crippen molar-refractivity contribution in [2.75, 3.05) is 6.54 Å². The van der Waals surface area contributed by atoms with Crippen LogP contribution in [0.15, 0.2) is 97.6 Å². The number of para-hydroxylation sites is 1. The van der Waals surface area contributed by atoms with Gasteiger partial charge in [0.25, 0.3) is 0 Å². The van der Waals surface area contributed by atoms with Gasteiger partial charge in [0, 0.05) is 12.1 Å². The summed E-state index contributed by atoms with van der Waals surface area (Å²) in [4.78, 5) is 0. The normalized spacial score (nSPS) is 12.8. The molecule has 0 fully saturated rings. The average Bonchev–Trinajstić information content (AvgIpc) is 2.78. The van der Waals surface area contributed by atoms with Gasteiger partial charge in [-0.2, -0.15) is 0 Å². The lowest BCUT2D eigenvalue weighted by molar-refractivity contribution is 0.188. The zero-order valence-electron chi connectivity index (χ0n) is 17.3. The number of hydrogen-bond donors (Lipinski definition) is 1. The molecule has 0 saturated heterocycles. The van der Waals surface area contributed by atoms with Crippen molar-refractivity contribution in [2.45, 2.75) is 26.5 Å². The van der Waals surface area contributed by atoms with Gasteiger partial charge in [0.05, 0.1) is 0 Å². The number of benzene rings is 3. The quantitative estimate of drug-likeness (QED) is 0.257. The molecule has 0 aliphatic heterocycles. The van der Waals surface area contributed by atoms with E-state index in [0.29, 0.717) is 6.54 Å². The predicted octanol–water partition coefficient (Wildman–Crippen LogP) is 6.56. The maximum atomic E-state index is 6.29. The molecule has 29 heavy (non-hydrogen) atoms. The lowest BCUT2D eigenvalue weighted by Gasteiger charge is -2.22. The number of ether oxygens (including phenoxy) is 1.